The van der Waals surface area contributed by atoms with Gasteiger partial charge in [0, 0.05) is 18.8 Å². The summed E-state index contributed by atoms with van der Waals surface area (Å²) in [4.78, 5) is 21.0. The van der Waals surface area contributed by atoms with E-state index in [-0.39, 0.29) is 5.91 Å². The highest BCUT2D eigenvalue weighted by molar-refractivity contribution is 5.93. The first-order chi connectivity index (χ1) is 7.18. The summed E-state index contributed by atoms with van der Waals surface area (Å²) >= 11 is 0. The van der Waals surface area contributed by atoms with Crippen LogP contribution in [0.25, 0.3) is 0 Å². The summed E-state index contributed by atoms with van der Waals surface area (Å²) < 4.78 is 0. The molecule has 0 radical (unpaired) electrons. The zero-order valence-electron chi connectivity index (χ0n) is 9.29. The lowest BCUT2D eigenvalue weighted by molar-refractivity contribution is 0.0677. The molecule has 0 bridgehead atoms. The Morgan fingerprint density at radius 1 is 1.67 bits per heavy atom. The van der Waals surface area contributed by atoms with Crippen molar-refractivity contribution in [2.75, 3.05) is 13.1 Å². The molecule has 4 heteroatoms. The molecule has 1 aliphatic rings. The van der Waals surface area contributed by atoms with Gasteiger partial charge in [-0.25, -0.2) is 4.98 Å². The number of rotatable bonds is 1. The summed E-state index contributed by atoms with van der Waals surface area (Å²) in [6.07, 6.45) is 3.91. The van der Waals surface area contributed by atoms with Gasteiger partial charge >= 0.3 is 0 Å². The van der Waals surface area contributed by atoms with Crippen LogP contribution >= 0.6 is 0 Å². The minimum absolute atomic E-state index is 0.0697. The van der Waals surface area contributed by atoms with Gasteiger partial charge in [0.25, 0.3) is 5.91 Å². The average molecular weight is 207 g/mol. The summed E-state index contributed by atoms with van der Waals surface area (Å²) in [5.41, 5.74) is 1.43. The van der Waals surface area contributed by atoms with E-state index < -0.39 is 0 Å². The highest BCUT2D eigenvalue weighted by atomic mass is 16.2. The molecule has 0 aromatic carbocycles. The van der Waals surface area contributed by atoms with Crippen LogP contribution in [0.5, 0.6) is 0 Å². The van der Waals surface area contributed by atoms with Crippen molar-refractivity contribution in [2.45, 2.75) is 26.7 Å². The number of likely N-dealkylation sites (tertiary alicyclic amines) is 1. The van der Waals surface area contributed by atoms with E-state index in [1.54, 1.807) is 6.33 Å². The second kappa shape index (κ2) is 4.04. The standard InChI is InChI=1S/C11H17N3O/c1-8-4-3-5-14(6-8)11(15)10-9(2)12-7-13-10/h7-8H,3-6H2,1-2H3,(H,12,13). The SMILES string of the molecule is Cc1[nH]cnc1C(=O)N1CCCC(C)C1. The molecule has 0 saturated carbocycles. The first kappa shape index (κ1) is 10.2. The molecule has 1 saturated heterocycles. The Labute approximate surface area is 89.7 Å². The van der Waals surface area contributed by atoms with Crippen LogP contribution in [-0.4, -0.2) is 33.9 Å². The first-order valence-electron chi connectivity index (χ1n) is 5.47. The van der Waals surface area contributed by atoms with Crippen molar-refractivity contribution in [3.05, 3.63) is 17.7 Å². The highest BCUT2D eigenvalue weighted by Gasteiger charge is 2.24. The maximum atomic E-state index is 12.1. The topological polar surface area (TPSA) is 49.0 Å². The predicted molar refractivity (Wildman–Crippen MR) is 57.6 cm³/mol. The number of aromatic nitrogens is 2. The second-order valence-electron chi connectivity index (χ2n) is 4.37. The Bertz CT molecular complexity index is 358. The number of aromatic amines is 1. The zero-order chi connectivity index (χ0) is 10.8. The van der Waals surface area contributed by atoms with Gasteiger partial charge in [0.15, 0.2) is 0 Å². The lowest BCUT2D eigenvalue weighted by atomic mass is 10.00. The summed E-state index contributed by atoms with van der Waals surface area (Å²) in [6, 6.07) is 0. The number of piperidine rings is 1. The number of nitrogens with one attached hydrogen (secondary N) is 1. The van der Waals surface area contributed by atoms with Gasteiger partial charge in [-0.15, -0.1) is 0 Å². The van der Waals surface area contributed by atoms with Crippen LogP contribution in [0.15, 0.2) is 6.33 Å². The number of amides is 1. The summed E-state index contributed by atoms with van der Waals surface area (Å²) in [6.45, 7) is 5.81. The largest absolute Gasteiger partial charge is 0.348 e. The third kappa shape index (κ3) is 2.03. The highest BCUT2D eigenvalue weighted by Crippen LogP contribution is 2.17. The van der Waals surface area contributed by atoms with Crippen molar-refractivity contribution in [3.8, 4) is 0 Å². The number of nitrogens with zero attached hydrogens (tertiary/aromatic N) is 2. The molecule has 4 nitrogen and oxygen atoms in total. The Balaban J connectivity index is 2.11. The number of imidazole rings is 1. The fourth-order valence-electron chi connectivity index (χ4n) is 2.10. The molecular weight excluding hydrogens is 190 g/mol. The van der Waals surface area contributed by atoms with E-state index in [0.29, 0.717) is 11.6 Å². The van der Waals surface area contributed by atoms with Gasteiger partial charge in [0.05, 0.1) is 6.33 Å². The van der Waals surface area contributed by atoms with Crippen LogP contribution in [-0.2, 0) is 0 Å². The molecule has 1 aliphatic heterocycles. The minimum atomic E-state index is 0.0697. The van der Waals surface area contributed by atoms with E-state index in [9.17, 15) is 4.79 Å². The van der Waals surface area contributed by atoms with Crippen LogP contribution in [0.2, 0.25) is 0 Å². The van der Waals surface area contributed by atoms with Gasteiger partial charge in [0.1, 0.15) is 5.69 Å². The lowest BCUT2D eigenvalue weighted by Gasteiger charge is -2.30. The normalized spacial score (nSPS) is 21.7. The second-order valence-corrected chi connectivity index (χ2v) is 4.37. The number of H-pyrrole nitrogens is 1. The van der Waals surface area contributed by atoms with Crippen molar-refractivity contribution in [2.24, 2.45) is 5.92 Å². The van der Waals surface area contributed by atoms with Gasteiger partial charge < -0.3 is 9.88 Å². The quantitative estimate of drug-likeness (QED) is 0.760. The Morgan fingerprint density at radius 2 is 2.47 bits per heavy atom. The molecule has 15 heavy (non-hydrogen) atoms. The third-order valence-corrected chi connectivity index (χ3v) is 2.98. The molecular formula is C11H17N3O. The first-order valence-corrected chi connectivity index (χ1v) is 5.47. The molecule has 1 fully saturated rings. The molecule has 1 N–H and O–H groups in total. The lowest BCUT2D eigenvalue weighted by Crippen LogP contribution is -2.39. The summed E-state index contributed by atoms with van der Waals surface area (Å²) in [7, 11) is 0. The maximum Gasteiger partial charge on any atom is 0.274 e. The van der Waals surface area contributed by atoms with Crippen molar-refractivity contribution >= 4 is 5.91 Å². The van der Waals surface area contributed by atoms with E-state index in [2.05, 4.69) is 16.9 Å². The fraction of sp³-hybridized carbons (Fsp3) is 0.636. The van der Waals surface area contributed by atoms with Crippen molar-refractivity contribution in [3.63, 3.8) is 0 Å². The van der Waals surface area contributed by atoms with Crippen molar-refractivity contribution in [1.82, 2.24) is 14.9 Å². The number of hydrogen-bond donors (Lipinski definition) is 1. The van der Waals surface area contributed by atoms with Crippen LogP contribution < -0.4 is 0 Å². The van der Waals surface area contributed by atoms with E-state index in [1.165, 1.54) is 6.42 Å². The molecule has 82 valence electrons. The third-order valence-electron chi connectivity index (χ3n) is 2.98. The van der Waals surface area contributed by atoms with Gasteiger partial charge in [-0.05, 0) is 25.7 Å². The molecule has 1 unspecified atom stereocenters. The van der Waals surface area contributed by atoms with Crippen LogP contribution in [0.4, 0.5) is 0 Å². The zero-order valence-corrected chi connectivity index (χ0v) is 9.29. The van der Waals surface area contributed by atoms with Gasteiger partial charge in [-0.2, -0.15) is 0 Å². The van der Waals surface area contributed by atoms with Gasteiger partial charge in [-0.3, -0.25) is 4.79 Å². The minimum Gasteiger partial charge on any atom is -0.348 e. The Morgan fingerprint density at radius 3 is 3.07 bits per heavy atom. The summed E-state index contributed by atoms with van der Waals surface area (Å²) in [5, 5.41) is 0. The molecule has 1 aromatic rings. The maximum absolute atomic E-state index is 12.1. The predicted octanol–water partition coefficient (Wildman–Crippen LogP) is 1.59. The molecule has 1 aromatic heterocycles. The summed E-state index contributed by atoms with van der Waals surface area (Å²) in [5.74, 6) is 0.683. The fourth-order valence-corrected chi connectivity index (χ4v) is 2.10. The van der Waals surface area contributed by atoms with Crippen LogP contribution in [0, 0.1) is 12.8 Å². The monoisotopic (exact) mass is 207 g/mol. The van der Waals surface area contributed by atoms with E-state index >= 15 is 0 Å². The molecule has 2 rings (SSSR count). The molecule has 1 amide bonds. The molecule has 0 aliphatic carbocycles. The van der Waals surface area contributed by atoms with Crippen LogP contribution in [0.3, 0.4) is 0 Å². The van der Waals surface area contributed by atoms with E-state index in [4.69, 9.17) is 0 Å². The van der Waals surface area contributed by atoms with E-state index in [0.717, 1.165) is 25.2 Å². The molecule has 2 heterocycles. The van der Waals surface area contributed by atoms with Crippen molar-refractivity contribution in [1.29, 1.82) is 0 Å². The van der Waals surface area contributed by atoms with Gasteiger partial charge in [-0.1, -0.05) is 6.92 Å². The molecule has 1 atom stereocenters. The molecule has 0 spiro atoms. The average Bonchev–Trinajstić information content (AvgIpc) is 2.63. The van der Waals surface area contributed by atoms with Crippen LogP contribution in [0.1, 0.15) is 35.9 Å². The number of aryl methyl sites for hydroxylation is 1. The smallest absolute Gasteiger partial charge is 0.274 e. The number of hydrogen-bond acceptors (Lipinski definition) is 2. The van der Waals surface area contributed by atoms with E-state index in [1.807, 2.05) is 11.8 Å². The number of carbonyl (C=O) groups excluding carboxylic acids is 1. The Kier molecular flexibility index (Phi) is 2.75. The van der Waals surface area contributed by atoms with Crippen molar-refractivity contribution < 1.29 is 4.79 Å². The Hall–Kier alpha value is -1.32. The number of carbonyl (C=O) groups is 1. The van der Waals surface area contributed by atoms with Gasteiger partial charge in [0.2, 0.25) is 0 Å².